The zero-order valence-electron chi connectivity index (χ0n) is 16.3. The van der Waals surface area contributed by atoms with Gasteiger partial charge in [0.05, 0.1) is 15.3 Å². The van der Waals surface area contributed by atoms with Crippen LogP contribution < -0.4 is 4.90 Å². The second-order valence-corrected chi connectivity index (χ2v) is 8.53. The quantitative estimate of drug-likeness (QED) is 0.429. The molecular weight excluding hydrogens is 410 g/mol. The first kappa shape index (κ1) is 21.1. The lowest BCUT2D eigenvalue weighted by Crippen LogP contribution is -2.39. The standard InChI is InChI=1S/C21H24ClN3OS2/c1-4-24(5-2)13-14-25(20(26)15-9-6-7-11-17(15)27-3)21-23-19-16(22)10-8-12-18(19)28-21/h6-12H,4-5,13-14H2,1-3H3. The number of benzene rings is 2. The highest BCUT2D eigenvalue weighted by Gasteiger charge is 2.24. The van der Waals surface area contributed by atoms with Gasteiger partial charge in [0.15, 0.2) is 5.13 Å². The number of thiazole rings is 1. The van der Waals surface area contributed by atoms with Crippen molar-refractivity contribution in [2.24, 2.45) is 0 Å². The smallest absolute Gasteiger partial charge is 0.261 e. The van der Waals surface area contributed by atoms with Crippen molar-refractivity contribution in [1.29, 1.82) is 0 Å². The van der Waals surface area contributed by atoms with Gasteiger partial charge in [0, 0.05) is 18.0 Å². The van der Waals surface area contributed by atoms with Gasteiger partial charge in [0.2, 0.25) is 0 Å². The molecule has 148 valence electrons. The Kier molecular flexibility index (Phi) is 7.35. The van der Waals surface area contributed by atoms with Crippen LogP contribution in [0.2, 0.25) is 5.02 Å². The number of amides is 1. The highest BCUT2D eigenvalue weighted by atomic mass is 35.5. The van der Waals surface area contributed by atoms with Gasteiger partial charge in [-0.15, -0.1) is 11.8 Å². The summed E-state index contributed by atoms with van der Waals surface area (Å²) in [4.78, 5) is 23.3. The van der Waals surface area contributed by atoms with Crippen LogP contribution >= 0.6 is 34.7 Å². The molecule has 0 spiro atoms. The summed E-state index contributed by atoms with van der Waals surface area (Å²) in [7, 11) is 0. The number of para-hydroxylation sites is 1. The predicted molar refractivity (Wildman–Crippen MR) is 122 cm³/mol. The van der Waals surface area contributed by atoms with Crippen molar-refractivity contribution in [3.8, 4) is 0 Å². The third-order valence-corrected chi connectivity index (χ3v) is 6.85. The van der Waals surface area contributed by atoms with Gasteiger partial charge >= 0.3 is 0 Å². The van der Waals surface area contributed by atoms with Crippen LogP contribution in [0.3, 0.4) is 0 Å². The van der Waals surface area contributed by atoms with Crippen molar-refractivity contribution >= 4 is 56.0 Å². The predicted octanol–water partition coefficient (Wildman–Crippen LogP) is 5.66. The molecular formula is C21H24ClN3OS2. The normalized spacial score (nSPS) is 11.3. The number of carbonyl (C=O) groups excluding carboxylic acids is 1. The molecule has 1 aromatic heterocycles. The number of thioether (sulfide) groups is 1. The maximum atomic E-state index is 13.5. The third-order valence-electron chi connectivity index (χ3n) is 4.71. The second-order valence-electron chi connectivity index (χ2n) is 6.27. The Morgan fingerprint density at radius 3 is 2.54 bits per heavy atom. The summed E-state index contributed by atoms with van der Waals surface area (Å²) in [6, 6.07) is 13.5. The number of anilines is 1. The fourth-order valence-electron chi connectivity index (χ4n) is 3.05. The first-order chi connectivity index (χ1) is 13.6. The molecule has 0 aliphatic heterocycles. The minimum Gasteiger partial charge on any atom is -0.302 e. The van der Waals surface area contributed by atoms with Crippen LogP contribution in [0.25, 0.3) is 10.2 Å². The van der Waals surface area contributed by atoms with E-state index < -0.39 is 0 Å². The van der Waals surface area contributed by atoms with Crippen molar-refractivity contribution < 1.29 is 4.79 Å². The molecule has 28 heavy (non-hydrogen) atoms. The monoisotopic (exact) mass is 433 g/mol. The number of halogens is 1. The molecule has 0 saturated heterocycles. The highest BCUT2D eigenvalue weighted by Crippen LogP contribution is 2.34. The third kappa shape index (κ3) is 4.51. The van der Waals surface area contributed by atoms with Gasteiger partial charge in [-0.2, -0.15) is 0 Å². The molecule has 0 aliphatic rings. The number of hydrogen-bond donors (Lipinski definition) is 0. The van der Waals surface area contributed by atoms with Crippen molar-refractivity contribution in [3.05, 3.63) is 53.1 Å². The number of aromatic nitrogens is 1. The minimum atomic E-state index is -0.0210. The van der Waals surface area contributed by atoms with E-state index >= 15 is 0 Å². The van der Waals surface area contributed by atoms with E-state index in [-0.39, 0.29) is 5.91 Å². The van der Waals surface area contributed by atoms with Gasteiger partial charge in [-0.1, -0.05) is 55.0 Å². The maximum Gasteiger partial charge on any atom is 0.261 e. The summed E-state index contributed by atoms with van der Waals surface area (Å²) in [6.45, 7) is 7.55. The van der Waals surface area contributed by atoms with Crippen molar-refractivity contribution in [1.82, 2.24) is 9.88 Å². The molecule has 3 rings (SSSR count). The zero-order chi connectivity index (χ0) is 20.1. The number of nitrogens with zero attached hydrogens (tertiary/aromatic N) is 3. The van der Waals surface area contributed by atoms with E-state index in [2.05, 4.69) is 18.7 Å². The van der Waals surface area contributed by atoms with E-state index in [0.29, 0.717) is 22.3 Å². The summed E-state index contributed by atoms with van der Waals surface area (Å²) < 4.78 is 0.987. The van der Waals surface area contributed by atoms with E-state index in [1.807, 2.05) is 48.7 Å². The SMILES string of the molecule is CCN(CC)CCN(C(=O)c1ccccc1SC)c1nc2c(Cl)cccc2s1. The van der Waals surface area contributed by atoms with Gasteiger partial charge in [-0.3, -0.25) is 9.69 Å². The van der Waals surface area contributed by atoms with Gasteiger partial charge in [0.25, 0.3) is 5.91 Å². The maximum absolute atomic E-state index is 13.5. The Balaban J connectivity index is 2.00. The number of likely N-dealkylation sites (N-methyl/N-ethyl adjacent to an activating group) is 1. The van der Waals surface area contributed by atoms with Gasteiger partial charge in [-0.25, -0.2) is 4.98 Å². The molecule has 0 fully saturated rings. The average molecular weight is 434 g/mol. The van der Waals surface area contributed by atoms with E-state index in [1.165, 1.54) is 11.3 Å². The fraction of sp³-hybridized carbons (Fsp3) is 0.333. The topological polar surface area (TPSA) is 36.4 Å². The Morgan fingerprint density at radius 2 is 1.86 bits per heavy atom. The largest absolute Gasteiger partial charge is 0.302 e. The Hall–Kier alpha value is -1.60. The molecule has 0 N–H and O–H groups in total. The molecule has 0 saturated carbocycles. The van der Waals surface area contributed by atoms with E-state index in [9.17, 15) is 4.79 Å². The van der Waals surface area contributed by atoms with Gasteiger partial charge in [0.1, 0.15) is 5.52 Å². The van der Waals surface area contributed by atoms with Crippen LogP contribution in [0.4, 0.5) is 5.13 Å². The second kappa shape index (κ2) is 9.74. The Bertz CT molecular complexity index is 956. The first-order valence-corrected chi connectivity index (χ1v) is 11.7. The molecule has 4 nitrogen and oxygen atoms in total. The van der Waals surface area contributed by atoms with E-state index in [4.69, 9.17) is 16.6 Å². The summed E-state index contributed by atoms with van der Waals surface area (Å²) in [5.41, 5.74) is 1.46. The van der Waals surface area contributed by atoms with Crippen molar-refractivity contribution in [3.63, 3.8) is 0 Å². The molecule has 0 radical (unpaired) electrons. The summed E-state index contributed by atoms with van der Waals surface area (Å²) >= 11 is 9.41. The Labute approximate surface area is 179 Å². The van der Waals surface area contributed by atoms with Gasteiger partial charge < -0.3 is 4.90 Å². The van der Waals surface area contributed by atoms with Crippen LogP contribution in [-0.2, 0) is 0 Å². The van der Waals surface area contributed by atoms with Crippen LogP contribution in [-0.4, -0.2) is 48.2 Å². The number of rotatable bonds is 8. The molecule has 7 heteroatoms. The fourth-order valence-corrected chi connectivity index (χ4v) is 4.93. The molecule has 0 bridgehead atoms. The molecule has 3 aromatic rings. The van der Waals surface area contributed by atoms with E-state index in [1.54, 1.807) is 16.7 Å². The van der Waals surface area contributed by atoms with Crippen molar-refractivity contribution in [2.75, 3.05) is 37.3 Å². The average Bonchev–Trinajstić information content (AvgIpc) is 3.16. The molecule has 2 aromatic carbocycles. The number of fused-ring (bicyclic) bond motifs is 1. The van der Waals surface area contributed by atoms with Crippen LogP contribution in [0.1, 0.15) is 24.2 Å². The van der Waals surface area contributed by atoms with Gasteiger partial charge in [-0.05, 0) is 43.6 Å². The van der Waals surface area contributed by atoms with Crippen LogP contribution in [0.5, 0.6) is 0 Å². The molecule has 0 unspecified atom stereocenters. The number of hydrogen-bond acceptors (Lipinski definition) is 5. The summed E-state index contributed by atoms with van der Waals surface area (Å²) in [5, 5.41) is 1.30. The van der Waals surface area contributed by atoms with Crippen LogP contribution in [0, 0.1) is 0 Å². The zero-order valence-corrected chi connectivity index (χ0v) is 18.7. The molecule has 1 heterocycles. The van der Waals surface area contributed by atoms with Crippen molar-refractivity contribution in [2.45, 2.75) is 18.7 Å². The lowest BCUT2D eigenvalue weighted by molar-refractivity contribution is 0.0981. The summed E-state index contributed by atoms with van der Waals surface area (Å²) in [6.07, 6.45) is 1.99. The highest BCUT2D eigenvalue weighted by molar-refractivity contribution is 7.98. The molecule has 0 aliphatic carbocycles. The number of carbonyl (C=O) groups is 1. The molecule has 1 amide bonds. The molecule has 0 atom stereocenters. The van der Waals surface area contributed by atoms with Crippen LogP contribution in [0.15, 0.2) is 47.4 Å². The lowest BCUT2D eigenvalue weighted by atomic mass is 10.2. The summed E-state index contributed by atoms with van der Waals surface area (Å²) in [5.74, 6) is -0.0210. The van der Waals surface area contributed by atoms with E-state index in [0.717, 1.165) is 34.7 Å². The lowest BCUT2D eigenvalue weighted by Gasteiger charge is -2.25. The minimum absolute atomic E-state index is 0.0210. The first-order valence-electron chi connectivity index (χ1n) is 9.31. The Morgan fingerprint density at radius 1 is 1.11 bits per heavy atom.